The fraction of sp³-hybridized carbons (Fsp3) is 0.407. The number of likely N-dealkylation sites (tertiary alicyclic amines) is 1. The third-order valence-corrected chi connectivity index (χ3v) is 8.37. The van der Waals surface area contributed by atoms with Crippen LogP contribution in [0.4, 0.5) is 10.2 Å². The van der Waals surface area contributed by atoms with Gasteiger partial charge in [-0.1, -0.05) is 23.5 Å². The summed E-state index contributed by atoms with van der Waals surface area (Å²) in [4.78, 5) is 40.1. The van der Waals surface area contributed by atoms with Crippen LogP contribution in [0.25, 0.3) is 26.4 Å². The van der Waals surface area contributed by atoms with Gasteiger partial charge in [0, 0.05) is 38.4 Å². The summed E-state index contributed by atoms with van der Waals surface area (Å²) in [5, 5.41) is 3.70. The molecular weight excluding hydrogens is 507 g/mol. The van der Waals surface area contributed by atoms with Gasteiger partial charge in [-0.25, -0.2) is 14.4 Å². The molecular formula is C27H29FN6O3S. The molecule has 4 aromatic rings. The number of benzene rings is 1. The predicted octanol–water partition coefficient (Wildman–Crippen LogP) is 3.50. The SMILES string of the molecule is CC1CCCN1CCNc1nc2c(cc1F)c(=O)c(C(=O)N1CCOCC1)cn2-c1nc2ccccc2s1. The molecule has 0 radical (unpaired) electrons. The Morgan fingerprint density at radius 1 is 1.21 bits per heavy atom. The molecule has 38 heavy (non-hydrogen) atoms. The van der Waals surface area contributed by atoms with E-state index >= 15 is 4.39 Å². The zero-order chi connectivity index (χ0) is 26.2. The van der Waals surface area contributed by atoms with E-state index < -0.39 is 17.2 Å². The van der Waals surface area contributed by atoms with Crippen molar-refractivity contribution in [1.29, 1.82) is 0 Å². The van der Waals surface area contributed by atoms with E-state index in [4.69, 9.17) is 9.72 Å². The van der Waals surface area contributed by atoms with Gasteiger partial charge in [-0.05, 0) is 44.5 Å². The summed E-state index contributed by atoms with van der Waals surface area (Å²) in [6.45, 7) is 6.14. The van der Waals surface area contributed by atoms with E-state index in [2.05, 4.69) is 22.1 Å². The van der Waals surface area contributed by atoms with Crippen LogP contribution in [0.1, 0.15) is 30.1 Å². The van der Waals surface area contributed by atoms with Gasteiger partial charge in [0.05, 0.1) is 28.8 Å². The van der Waals surface area contributed by atoms with Crippen molar-refractivity contribution in [3.05, 3.63) is 58.1 Å². The average molecular weight is 537 g/mol. The molecule has 6 rings (SSSR count). The second-order valence-corrected chi connectivity index (χ2v) is 10.8. The first-order chi connectivity index (χ1) is 18.5. The molecule has 1 amide bonds. The maximum absolute atomic E-state index is 15.3. The molecule has 2 fully saturated rings. The van der Waals surface area contributed by atoms with Crippen molar-refractivity contribution in [2.75, 3.05) is 51.3 Å². The molecule has 1 aromatic carbocycles. The second-order valence-electron chi connectivity index (χ2n) is 9.75. The molecule has 2 saturated heterocycles. The Kier molecular flexibility index (Phi) is 6.81. The third kappa shape index (κ3) is 4.65. The molecule has 1 atom stereocenters. The number of aromatic nitrogens is 3. The summed E-state index contributed by atoms with van der Waals surface area (Å²) in [6, 6.07) is 9.39. The highest BCUT2D eigenvalue weighted by atomic mass is 32.1. The standard InChI is InChI=1S/C27H29FN6O3S/c1-17-5-4-9-32(17)10-8-29-24-20(28)15-18-23(35)19(26(36)33-11-13-37-14-12-33)16-34(25(18)31-24)27-30-21-6-2-3-7-22(21)38-27/h2-3,6-7,15-17H,4-5,8-14H2,1H3,(H,29,31). The Hall–Kier alpha value is -3.41. The van der Waals surface area contributed by atoms with Crippen molar-refractivity contribution in [1.82, 2.24) is 24.3 Å². The number of carbonyl (C=O) groups is 1. The number of fused-ring (bicyclic) bond motifs is 2. The minimum atomic E-state index is -0.629. The van der Waals surface area contributed by atoms with E-state index in [1.54, 1.807) is 9.47 Å². The number of ether oxygens (including phenoxy) is 1. The molecule has 3 aromatic heterocycles. The zero-order valence-electron chi connectivity index (χ0n) is 21.2. The van der Waals surface area contributed by atoms with Crippen LogP contribution >= 0.6 is 11.3 Å². The lowest BCUT2D eigenvalue weighted by atomic mass is 10.1. The normalized spacial score (nSPS) is 18.5. The van der Waals surface area contributed by atoms with Crippen LogP contribution in [0, 0.1) is 5.82 Å². The van der Waals surface area contributed by atoms with Crippen LogP contribution in [0.15, 0.2) is 41.3 Å². The van der Waals surface area contributed by atoms with Crippen molar-refractivity contribution in [2.45, 2.75) is 25.8 Å². The van der Waals surface area contributed by atoms with E-state index in [-0.39, 0.29) is 22.4 Å². The Labute approximate surface area is 222 Å². The highest BCUT2D eigenvalue weighted by molar-refractivity contribution is 7.20. The first kappa shape index (κ1) is 24.9. The Morgan fingerprint density at radius 2 is 2.03 bits per heavy atom. The van der Waals surface area contributed by atoms with E-state index in [9.17, 15) is 9.59 Å². The lowest BCUT2D eigenvalue weighted by Crippen LogP contribution is -2.42. The highest BCUT2D eigenvalue weighted by Crippen LogP contribution is 2.28. The zero-order valence-corrected chi connectivity index (χ0v) is 22.0. The van der Waals surface area contributed by atoms with E-state index in [1.165, 1.54) is 36.4 Å². The molecule has 2 aliphatic rings. The summed E-state index contributed by atoms with van der Waals surface area (Å²) < 4.78 is 23.2. The average Bonchev–Trinajstić information content (AvgIpc) is 3.55. The molecule has 0 bridgehead atoms. The maximum Gasteiger partial charge on any atom is 0.259 e. The molecule has 0 spiro atoms. The minimum Gasteiger partial charge on any atom is -0.378 e. The lowest BCUT2D eigenvalue weighted by Gasteiger charge is -2.27. The minimum absolute atomic E-state index is 0.0383. The number of hydrogen-bond acceptors (Lipinski definition) is 8. The van der Waals surface area contributed by atoms with Crippen molar-refractivity contribution in [3.8, 4) is 5.13 Å². The smallest absolute Gasteiger partial charge is 0.259 e. The largest absolute Gasteiger partial charge is 0.378 e. The van der Waals surface area contributed by atoms with Crippen molar-refractivity contribution in [2.24, 2.45) is 0 Å². The fourth-order valence-electron chi connectivity index (χ4n) is 5.19. The van der Waals surface area contributed by atoms with Crippen LogP contribution < -0.4 is 10.7 Å². The summed E-state index contributed by atoms with van der Waals surface area (Å²) in [5.74, 6) is -0.959. The monoisotopic (exact) mass is 536 g/mol. The number of thiazole rings is 1. The molecule has 2 aliphatic heterocycles. The molecule has 0 saturated carbocycles. The van der Waals surface area contributed by atoms with Gasteiger partial charge in [-0.2, -0.15) is 0 Å². The van der Waals surface area contributed by atoms with Crippen molar-refractivity contribution in [3.63, 3.8) is 0 Å². The number of anilines is 1. The number of morpholine rings is 1. The quantitative estimate of drug-likeness (QED) is 0.403. The summed E-state index contributed by atoms with van der Waals surface area (Å²) in [5.41, 5.74) is 0.466. The van der Waals surface area contributed by atoms with Crippen LogP contribution in [0.3, 0.4) is 0 Å². The number of nitrogens with one attached hydrogen (secondary N) is 1. The van der Waals surface area contributed by atoms with E-state index in [1.807, 2.05) is 24.3 Å². The van der Waals surface area contributed by atoms with Gasteiger partial charge in [0.15, 0.2) is 22.4 Å². The van der Waals surface area contributed by atoms with Gasteiger partial charge in [-0.3, -0.25) is 19.1 Å². The third-order valence-electron chi connectivity index (χ3n) is 7.33. The lowest BCUT2D eigenvalue weighted by molar-refractivity contribution is 0.0302. The van der Waals surface area contributed by atoms with Gasteiger partial charge in [0.2, 0.25) is 5.43 Å². The summed E-state index contributed by atoms with van der Waals surface area (Å²) in [7, 11) is 0. The number of pyridine rings is 2. The predicted molar refractivity (Wildman–Crippen MR) is 146 cm³/mol. The number of carbonyl (C=O) groups excluding carboxylic acids is 1. The highest BCUT2D eigenvalue weighted by Gasteiger charge is 2.26. The van der Waals surface area contributed by atoms with Gasteiger partial charge >= 0.3 is 0 Å². The summed E-state index contributed by atoms with van der Waals surface area (Å²) in [6.07, 6.45) is 3.84. The van der Waals surface area contributed by atoms with Gasteiger partial charge in [0.1, 0.15) is 5.56 Å². The molecule has 1 N–H and O–H groups in total. The van der Waals surface area contributed by atoms with E-state index in [0.717, 1.165) is 23.3 Å². The maximum atomic E-state index is 15.3. The van der Waals surface area contributed by atoms with Crippen molar-refractivity contribution < 1.29 is 13.9 Å². The van der Waals surface area contributed by atoms with Crippen LogP contribution in [-0.2, 0) is 4.74 Å². The first-order valence-corrected chi connectivity index (χ1v) is 13.8. The number of para-hydroxylation sites is 1. The van der Waals surface area contributed by atoms with Gasteiger partial charge in [-0.15, -0.1) is 0 Å². The molecule has 0 aliphatic carbocycles. The number of halogens is 1. The number of nitrogens with zero attached hydrogens (tertiary/aromatic N) is 5. The second kappa shape index (κ2) is 10.4. The first-order valence-electron chi connectivity index (χ1n) is 13.0. The van der Waals surface area contributed by atoms with Crippen LogP contribution in [0.5, 0.6) is 0 Å². The Bertz CT molecular complexity index is 1530. The number of hydrogen-bond donors (Lipinski definition) is 1. The molecule has 5 heterocycles. The van der Waals surface area contributed by atoms with E-state index in [0.29, 0.717) is 44.0 Å². The Balaban J connectivity index is 1.43. The molecule has 11 heteroatoms. The van der Waals surface area contributed by atoms with Crippen LogP contribution in [-0.4, -0.2) is 82.2 Å². The number of amides is 1. The van der Waals surface area contributed by atoms with Crippen LogP contribution in [0.2, 0.25) is 0 Å². The fourth-order valence-corrected chi connectivity index (χ4v) is 6.13. The van der Waals surface area contributed by atoms with Gasteiger partial charge in [0.25, 0.3) is 5.91 Å². The topological polar surface area (TPSA) is 92.6 Å². The number of rotatable bonds is 6. The molecule has 9 nitrogen and oxygen atoms in total. The molecule has 198 valence electrons. The van der Waals surface area contributed by atoms with Gasteiger partial charge < -0.3 is 15.0 Å². The Morgan fingerprint density at radius 3 is 2.79 bits per heavy atom. The molecule has 1 unspecified atom stereocenters. The van der Waals surface area contributed by atoms with Crippen molar-refractivity contribution >= 4 is 44.3 Å². The summed E-state index contributed by atoms with van der Waals surface area (Å²) >= 11 is 1.42.